The first-order valence-electron chi connectivity index (χ1n) is 4.54. The largest absolute Gasteiger partial charge is 0.261 e. The molecule has 0 aliphatic rings. The summed E-state index contributed by atoms with van der Waals surface area (Å²) in [6.45, 7) is 4.43. The number of pyridine rings is 1. The van der Waals surface area contributed by atoms with Gasteiger partial charge in [0.05, 0.1) is 6.20 Å². The number of nitrogens with zero attached hydrogens (tertiary/aromatic N) is 2. The maximum atomic E-state index is 4.19. The first kappa shape index (κ1) is 8.23. The molecule has 3 heteroatoms. The summed E-state index contributed by atoms with van der Waals surface area (Å²) in [5.41, 5.74) is 2.21. The molecule has 68 valence electrons. The Morgan fingerprint density at radius 3 is 3.08 bits per heavy atom. The van der Waals surface area contributed by atoms with Crippen molar-refractivity contribution in [3.8, 4) is 0 Å². The van der Waals surface area contributed by atoms with Crippen molar-refractivity contribution in [3.63, 3.8) is 0 Å². The van der Waals surface area contributed by atoms with Crippen LogP contribution in [0.2, 0.25) is 0 Å². The fourth-order valence-electron chi connectivity index (χ4n) is 1.52. The predicted molar refractivity (Wildman–Crippen MR) is 52.4 cm³/mol. The zero-order valence-corrected chi connectivity index (χ0v) is 7.91. The molecule has 1 N–H and O–H groups in total. The van der Waals surface area contributed by atoms with Crippen molar-refractivity contribution < 1.29 is 0 Å². The van der Waals surface area contributed by atoms with Gasteiger partial charge in [0.1, 0.15) is 0 Å². The molecule has 0 aromatic carbocycles. The second kappa shape index (κ2) is 3.17. The topological polar surface area (TPSA) is 41.6 Å². The monoisotopic (exact) mass is 175 g/mol. The smallest absolute Gasteiger partial charge is 0.155 e. The molecular formula is C10H13N3. The summed E-state index contributed by atoms with van der Waals surface area (Å²) in [4.78, 5) is 4.19. The van der Waals surface area contributed by atoms with Gasteiger partial charge in [-0.25, -0.2) is 4.98 Å². The molecule has 0 unspecified atom stereocenters. The summed E-state index contributed by atoms with van der Waals surface area (Å²) in [5, 5.41) is 8.00. The Kier molecular flexibility index (Phi) is 2.00. The number of aromatic nitrogens is 3. The minimum absolute atomic E-state index is 0.667. The van der Waals surface area contributed by atoms with Crippen LogP contribution in [-0.2, 0) is 6.42 Å². The molecule has 0 aliphatic heterocycles. The maximum absolute atomic E-state index is 4.19. The van der Waals surface area contributed by atoms with Crippen molar-refractivity contribution in [2.24, 2.45) is 5.92 Å². The van der Waals surface area contributed by atoms with E-state index in [1.807, 2.05) is 12.4 Å². The number of fused-ring (bicyclic) bond motifs is 1. The molecule has 0 amide bonds. The van der Waals surface area contributed by atoms with Gasteiger partial charge in [-0.05, 0) is 24.0 Å². The van der Waals surface area contributed by atoms with Crippen LogP contribution in [0.3, 0.4) is 0 Å². The first-order chi connectivity index (χ1) is 6.27. The SMILES string of the molecule is CC(C)Cc1ccnc2[nH]ncc12. The Hall–Kier alpha value is -1.38. The average molecular weight is 175 g/mol. The normalized spacial score (nSPS) is 11.3. The molecule has 2 aromatic rings. The number of H-pyrrole nitrogens is 1. The van der Waals surface area contributed by atoms with Crippen LogP contribution in [-0.4, -0.2) is 15.2 Å². The molecule has 0 atom stereocenters. The van der Waals surface area contributed by atoms with E-state index in [0.717, 1.165) is 17.5 Å². The summed E-state index contributed by atoms with van der Waals surface area (Å²) in [6, 6.07) is 2.07. The van der Waals surface area contributed by atoms with Crippen LogP contribution < -0.4 is 0 Å². The fourth-order valence-corrected chi connectivity index (χ4v) is 1.52. The maximum Gasteiger partial charge on any atom is 0.155 e. The van der Waals surface area contributed by atoms with Crippen LogP contribution >= 0.6 is 0 Å². The van der Waals surface area contributed by atoms with Gasteiger partial charge in [-0.1, -0.05) is 13.8 Å². The van der Waals surface area contributed by atoms with E-state index in [-0.39, 0.29) is 0 Å². The highest BCUT2D eigenvalue weighted by molar-refractivity contribution is 5.77. The van der Waals surface area contributed by atoms with E-state index >= 15 is 0 Å². The highest BCUT2D eigenvalue weighted by Gasteiger charge is 2.04. The summed E-state index contributed by atoms with van der Waals surface area (Å²) in [5.74, 6) is 0.667. The second-order valence-corrected chi connectivity index (χ2v) is 3.70. The van der Waals surface area contributed by atoms with Crippen LogP contribution in [0.5, 0.6) is 0 Å². The molecule has 0 saturated carbocycles. The number of hydrogen-bond acceptors (Lipinski definition) is 2. The van der Waals surface area contributed by atoms with Crippen LogP contribution in [0.15, 0.2) is 18.5 Å². The van der Waals surface area contributed by atoms with Crippen LogP contribution in [0, 0.1) is 5.92 Å². The van der Waals surface area contributed by atoms with Gasteiger partial charge in [-0.15, -0.1) is 0 Å². The minimum Gasteiger partial charge on any atom is -0.261 e. The number of nitrogens with one attached hydrogen (secondary N) is 1. The molecule has 0 saturated heterocycles. The van der Waals surface area contributed by atoms with Gasteiger partial charge in [0, 0.05) is 11.6 Å². The van der Waals surface area contributed by atoms with Gasteiger partial charge in [-0.3, -0.25) is 5.10 Å². The summed E-state index contributed by atoms with van der Waals surface area (Å²) >= 11 is 0. The van der Waals surface area contributed by atoms with Gasteiger partial charge in [0.2, 0.25) is 0 Å². The average Bonchev–Trinajstić information content (AvgIpc) is 2.51. The van der Waals surface area contributed by atoms with Crippen LogP contribution in [0.4, 0.5) is 0 Å². The summed E-state index contributed by atoms with van der Waals surface area (Å²) < 4.78 is 0. The molecule has 0 aliphatic carbocycles. The van der Waals surface area contributed by atoms with E-state index in [1.165, 1.54) is 5.56 Å². The first-order valence-corrected chi connectivity index (χ1v) is 4.54. The third-order valence-corrected chi connectivity index (χ3v) is 2.07. The lowest BCUT2D eigenvalue weighted by atomic mass is 10.0. The summed E-state index contributed by atoms with van der Waals surface area (Å²) in [7, 11) is 0. The van der Waals surface area contributed by atoms with E-state index in [0.29, 0.717) is 5.92 Å². The number of rotatable bonds is 2. The van der Waals surface area contributed by atoms with Gasteiger partial charge in [0.15, 0.2) is 5.65 Å². The van der Waals surface area contributed by atoms with Crippen molar-refractivity contribution in [3.05, 3.63) is 24.0 Å². The quantitative estimate of drug-likeness (QED) is 0.759. The molecule has 2 rings (SSSR count). The molecule has 3 nitrogen and oxygen atoms in total. The molecule has 13 heavy (non-hydrogen) atoms. The number of hydrogen-bond donors (Lipinski definition) is 1. The Morgan fingerprint density at radius 2 is 2.31 bits per heavy atom. The predicted octanol–water partition coefficient (Wildman–Crippen LogP) is 2.16. The third kappa shape index (κ3) is 1.54. The van der Waals surface area contributed by atoms with E-state index < -0.39 is 0 Å². The summed E-state index contributed by atoms with van der Waals surface area (Å²) in [6.07, 6.45) is 4.76. The van der Waals surface area contributed by atoms with E-state index in [2.05, 4.69) is 35.1 Å². The lowest BCUT2D eigenvalue weighted by molar-refractivity contribution is 0.650. The molecule has 0 bridgehead atoms. The highest BCUT2D eigenvalue weighted by atomic mass is 15.1. The lowest BCUT2D eigenvalue weighted by Crippen LogP contribution is -1.94. The highest BCUT2D eigenvalue weighted by Crippen LogP contribution is 2.16. The number of aromatic amines is 1. The van der Waals surface area contributed by atoms with Gasteiger partial charge in [0.25, 0.3) is 0 Å². The Bertz CT molecular complexity index is 403. The minimum atomic E-state index is 0.667. The zero-order chi connectivity index (χ0) is 9.26. The van der Waals surface area contributed by atoms with Crippen molar-refractivity contribution >= 4 is 11.0 Å². The van der Waals surface area contributed by atoms with Crippen molar-refractivity contribution in [2.45, 2.75) is 20.3 Å². The van der Waals surface area contributed by atoms with E-state index in [9.17, 15) is 0 Å². The van der Waals surface area contributed by atoms with E-state index in [1.54, 1.807) is 0 Å². The van der Waals surface area contributed by atoms with Gasteiger partial charge >= 0.3 is 0 Å². The third-order valence-electron chi connectivity index (χ3n) is 2.07. The second-order valence-electron chi connectivity index (χ2n) is 3.70. The molecule has 0 radical (unpaired) electrons. The molecular weight excluding hydrogens is 162 g/mol. The lowest BCUT2D eigenvalue weighted by Gasteiger charge is -2.04. The van der Waals surface area contributed by atoms with Crippen LogP contribution in [0.25, 0.3) is 11.0 Å². The Balaban J connectivity index is 2.48. The zero-order valence-electron chi connectivity index (χ0n) is 7.91. The van der Waals surface area contributed by atoms with Gasteiger partial charge < -0.3 is 0 Å². The van der Waals surface area contributed by atoms with Crippen molar-refractivity contribution in [1.82, 2.24) is 15.2 Å². The van der Waals surface area contributed by atoms with Gasteiger partial charge in [-0.2, -0.15) is 5.10 Å². The van der Waals surface area contributed by atoms with Crippen molar-refractivity contribution in [1.29, 1.82) is 0 Å². The van der Waals surface area contributed by atoms with Crippen molar-refractivity contribution in [2.75, 3.05) is 0 Å². The fraction of sp³-hybridized carbons (Fsp3) is 0.400. The molecule has 2 aromatic heterocycles. The molecule has 2 heterocycles. The Labute approximate surface area is 77.2 Å². The molecule has 0 spiro atoms. The molecule has 0 fully saturated rings. The standard InChI is InChI=1S/C10H13N3/c1-7(2)5-8-3-4-11-10-9(8)6-12-13-10/h3-4,6-7H,5H2,1-2H3,(H,11,12,13). The Morgan fingerprint density at radius 1 is 1.46 bits per heavy atom. The van der Waals surface area contributed by atoms with Crippen LogP contribution in [0.1, 0.15) is 19.4 Å². The van der Waals surface area contributed by atoms with E-state index in [4.69, 9.17) is 0 Å².